The van der Waals surface area contributed by atoms with E-state index in [0.29, 0.717) is 11.0 Å². The smallest absolute Gasteiger partial charge is 0.326 e. The lowest BCUT2D eigenvalue weighted by molar-refractivity contribution is -0.137. The molecule has 2 aromatic rings. The Bertz CT molecular complexity index is 555. The fourth-order valence-electron chi connectivity index (χ4n) is 1.43. The van der Waals surface area contributed by atoms with Crippen LogP contribution in [0.15, 0.2) is 23.3 Å². The average Bonchev–Trinajstić information content (AvgIpc) is 2.50. The van der Waals surface area contributed by atoms with Crippen LogP contribution in [0.4, 0.5) is 0 Å². The van der Waals surface area contributed by atoms with Gasteiger partial charge in [-0.15, -0.1) is 0 Å². The molecule has 0 saturated carbocycles. The van der Waals surface area contributed by atoms with Crippen LogP contribution in [0.2, 0.25) is 0 Å². The highest BCUT2D eigenvalue weighted by Gasteiger charge is 2.07. The predicted octanol–water partition coefficient (Wildman–Crippen LogP) is 0.199. The average molecular weight is 207 g/mol. The van der Waals surface area contributed by atoms with Gasteiger partial charge in [-0.05, 0) is 6.07 Å². The first kappa shape index (κ1) is 9.45. The number of aryl methyl sites for hydroxylation is 1. The maximum atomic E-state index is 11.4. The Hall–Kier alpha value is -2.11. The number of hydrogen-bond acceptors (Lipinski definition) is 3. The van der Waals surface area contributed by atoms with Crippen LogP contribution in [0.1, 0.15) is 6.42 Å². The van der Waals surface area contributed by atoms with Crippen molar-refractivity contribution in [2.75, 3.05) is 0 Å². The van der Waals surface area contributed by atoms with E-state index in [1.807, 2.05) is 0 Å². The highest BCUT2D eigenvalue weighted by Crippen LogP contribution is 2.07. The lowest BCUT2D eigenvalue weighted by atomic mass is 10.4. The SMILES string of the molecule is O=C(O)CCn1c(=O)[nH]c2ccncc21. The lowest BCUT2D eigenvalue weighted by Crippen LogP contribution is -2.18. The summed E-state index contributed by atoms with van der Waals surface area (Å²) in [5, 5.41) is 8.53. The minimum absolute atomic E-state index is 0.0816. The molecule has 0 atom stereocenters. The molecule has 0 bridgehead atoms. The van der Waals surface area contributed by atoms with Gasteiger partial charge in [0.1, 0.15) is 0 Å². The molecule has 2 aromatic heterocycles. The van der Waals surface area contributed by atoms with Crippen LogP contribution in [0.25, 0.3) is 11.0 Å². The number of carbonyl (C=O) groups is 1. The third kappa shape index (κ3) is 1.74. The van der Waals surface area contributed by atoms with Crippen LogP contribution >= 0.6 is 0 Å². The molecule has 15 heavy (non-hydrogen) atoms. The normalized spacial score (nSPS) is 10.7. The largest absolute Gasteiger partial charge is 0.481 e. The molecule has 0 fully saturated rings. The summed E-state index contributed by atoms with van der Waals surface area (Å²) in [6, 6.07) is 1.67. The van der Waals surface area contributed by atoms with Crippen LogP contribution in [-0.4, -0.2) is 25.6 Å². The molecular weight excluding hydrogens is 198 g/mol. The van der Waals surface area contributed by atoms with Gasteiger partial charge in [0.2, 0.25) is 0 Å². The second kappa shape index (κ2) is 3.56. The van der Waals surface area contributed by atoms with Gasteiger partial charge in [0, 0.05) is 12.7 Å². The quantitative estimate of drug-likeness (QED) is 0.752. The van der Waals surface area contributed by atoms with Gasteiger partial charge in [-0.25, -0.2) is 4.79 Å². The highest BCUT2D eigenvalue weighted by molar-refractivity contribution is 5.74. The Kier molecular flexibility index (Phi) is 2.24. The molecule has 78 valence electrons. The van der Waals surface area contributed by atoms with Crippen molar-refractivity contribution in [2.24, 2.45) is 0 Å². The molecule has 6 nitrogen and oxygen atoms in total. The van der Waals surface area contributed by atoms with Crippen LogP contribution < -0.4 is 5.69 Å². The summed E-state index contributed by atoms with van der Waals surface area (Å²) in [4.78, 5) is 28.4. The summed E-state index contributed by atoms with van der Waals surface area (Å²) < 4.78 is 1.37. The molecule has 0 aliphatic carbocycles. The van der Waals surface area contributed by atoms with Crippen molar-refractivity contribution in [3.63, 3.8) is 0 Å². The number of imidazole rings is 1. The van der Waals surface area contributed by atoms with Gasteiger partial charge >= 0.3 is 11.7 Å². The van der Waals surface area contributed by atoms with Crippen molar-refractivity contribution in [3.05, 3.63) is 28.9 Å². The van der Waals surface area contributed by atoms with Gasteiger partial charge in [0.15, 0.2) is 0 Å². The molecule has 0 aliphatic rings. The third-order valence-electron chi connectivity index (χ3n) is 2.13. The number of nitrogens with zero attached hydrogens (tertiary/aromatic N) is 2. The number of aromatic nitrogens is 3. The van der Waals surface area contributed by atoms with Crippen molar-refractivity contribution >= 4 is 17.0 Å². The predicted molar refractivity (Wildman–Crippen MR) is 52.6 cm³/mol. The zero-order chi connectivity index (χ0) is 10.8. The Labute approximate surface area is 84.2 Å². The summed E-state index contributed by atoms with van der Waals surface area (Å²) in [5.41, 5.74) is 0.989. The number of aliphatic carboxylic acids is 1. The summed E-state index contributed by atoms with van der Waals surface area (Å²) in [6.45, 7) is 0.153. The van der Waals surface area contributed by atoms with Gasteiger partial charge < -0.3 is 10.1 Å². The van der Waals surface area contributed by atoms with Crippen LogP contribution in [0, 0.1) is 0 Å². The molecule has 0 saturated heterocycles. The Balaban J connectivity index is 2.45. The third-order valence-corrected chi connectivity index (χ3v) is 2.13. The molecular formula is C9H9N3O3. The van der Waals surface area contributed by atoms with Gasteiger partial charge in [-0.3, -0.25) is 14.3 Å². The minimum atomic E-state index is -0.930. The number of carboxylic acid groups (broad SMARTS) is 1. The van der Waals surface area contributed by atoms with E-state index in [2.05, 4.69) is 9.97 Å². The van der Waals surface area contributed by atoms with E-state index in [1.165, 1.54) is 10.8 Å². The van der Waals surface area contributed by atoms with E-state index in [0.717, 1.165) is 0 Å². The summed E-state index contributed by atoms with van der Waals surface area (Å²) in [7, 11) is 0. The first-order valence-electron chi connectivity index (χ1n) is 4.43. The maximum Gasteiger partial charge on any atom is 0.326 e. The summed E-state index contributed by atoms with van der Waals surface area (Å²) in [6.07, 6.45) is 3.02. The van der Waals surface area contributed by atoms with E-state index in [4.69, 9.17) is 5.11 Å². The molecule has 2 heterocycles. The van der Waals surface area contributed by atoms with Crippen molar-refractivity contribution in [1.29, 1.82) is 0 Å². The second-order valence-electron chi connectivity index (χ2n) is 3.12. The van der Waals surface area contributed by atoms with E-state index < -0.39 is 5.97 Å². The van der Waals surface area contributed by atoms with Gasteiger partial charge in [0.05, 0.1) is 23.7 Å². The van der Waals surface area contributed by atoms with Gasteiger partial charge in [0.25, 0.3) is 0 Å². The van der Waals surface area contributed by atoms with E-state index in [-0.39, 0.29) is 18.7 Å². The number of aromatic amines is 1. The number of rotatable bonds is 3. The molecule has 2 rings (SSSR count). The monoisotopic (exact) mass is 207 g/mol. The van der Waals surface area contributed by atoms with Gasteiger partial charge in [-0.1, -0.05) is 0 Å². The number of H-pyrrole nitrogens is 1. The van der Waals surface area contributed by atoms with Crippen LogP contribution in [0.3, 0.4) is 0 Å². The topological polar surface area (TPSA) is 88.0 Å². The first-order chi connectivity index (χ1) is 7.18. The van der Waals surface area contributed by atoms with E-state index in [9.17, 15) is 9.59 Å². The molecule has 2 N–H and O–H groups in total. The van der Waals surface area contributed by atoms with E-state index >= 15 is 0 Å². The fraction of sp³-hybridized carbons (Fsp3) is 0.222. The minimum Gasteiger partial charge on any atom is -0.481 e. The fourth-order valence-corrected chi connectivity index (χ4v) is 1.43. The zero-order valence-corrected chi connectivity index (χ0v) is 7.80. The molecule has 0 aliphatic heterocycles. The van der Waals surface area contributed by atoms with Crippen molar-refractivity contribution in [3.8, 4) is 0 Å². The molecule has 0 aromatic carbocycles. The Morgan fingerprint density at radius 3 is 3.13 bits per heavy atom. The van der Waals surface area contributed by atoms with E-state index in [1.54, 1.807) is 12.3 Å². The van der Waals surface area contributed by atoms with Crippen molar-refractivity contribution in [1.82, 2.24) is 14.5 Å². The first-order valence-corrected chi connectivity index (χ1v) is 4.43. The number of nitrogens with one attached hydrogen (secondary N) is 1. The zero-order valence-electron chi connectivity index (χ0n) is 7.80. The Morgan fingerprint density at radius 2 is 2.40 bits per heavy atom. The highest BCUT2D eigenvalue weighted by atomic mass is 16.4. The molecule has 0 spiro atoms. The maximum absolute atomic E-state index is 11.4. The summed E-state index contributed by atoms with van der Waals surface area (Å²) in [5.74, 6) is -0.930. The molecule has 0 unspecified atom stereocenters. The summed E-state index contributed by atoms with van der Waals surface area (Å²) >= 11 is 0. The van der Waals surface area contributed by atoms with Crippen molar-refractivity contribution in [2.45, 2.75) is 13.0 Å². The standard InChI is InChI=1S/C9H9N3O3/c13-8(14)2-4-12-7-5-10-3-1-6(7)11-9(12)15/h1,3,5H,2,4H2,(H,11,15)(H,13,14). The van der Waals surface area contributed by atoms with Crippen LogP contribution in [-0.2, 0) is 11.3 Å². The molecule has 0 radical (unpaired) electrons. The molecule has 0 amide bonds. The van der Waals surface area contributed by atoms with Gasteiger partial charge in [-0.2, -0.15) is 0 Å². The number of carboxylic acids is 1. The number of fused-ring (bicyclic) bond motifs is 1. The number of pyridine rings is 1. The second-order valence-corrected chi connectivity index (χ2v) is 3.12. The van der Waals surface area contributed by atoms with Crippen LogP contribution in [0.5, 0.6) is 0 Å². The lowest BCUT2D eigenvalue weighted by Gasteiger charge is -1.98. The number of hydrogen-bond donors (Lipinski definition) is 2. The Morgan fingerprint density at radius 1 is 1.60 bits per heavy atom. The molecule has 6 heteroatoms. The van der Waals surface area contributed by atoms with Crippen molar-refractivity contribution < 1.29 is 9.90 Å².